The van der Waals surface area contributed by atoms with Crippen LogP contribution in [0, 0.1) is 10.1 Å². The first-order valence-electron chi connectivity index (χ1n) is 5.34. The van der Waals surface area contributed by atoms with Crippen molar-refractivity contribution in [1.29, 1.82) is 0 Å². The zero-order valence-corrected chi connectivity index (χ0v) is 9.69. The third-order valence-corrected chi connectivity index (χ3v) is 2.11. The predicted molar refractivity (Wildman–Crippen MR) is 69.0 cm³/mol. The Labute approximate surface area is 105 Å². The molecule has 94 valence electrons. The van der Waals surface area contributed by atoms with E-state index in [0.717, 1.165) is 12.2 Å². The van der Waals surface area contributed by atoms with E-state index in [1.807, 2.05) is 24.3 Å². The molecule has 5 heteroatoms. The van der Waals surface area contributed by atoms with Gasteiger partial charge in [-0.3, -0.25) is 0 Å². The summed E-state index contributed by atoms with van der Waals surface area (Å²) in [5.41, 5.74) is 2.47. The van der Waals surface area contributed by atoms with Gasteiger partial charge in [0.25, 0.3) is 5.09 Å². The molecule has 0 atom stereocenters. The van der Waals surface area contributed by atoms with Crippen LogP contribution in [0.3, 0.4) is 0 Å². The summed E-state index contributed by atoms with van der Waals surface area (Å²) in [6.07, 6.45) is 0. The lowest BCUT2D eigenvalue weighted by atomic mass is 10.2. The molecule has 2 aromatic carbocycles. The molecule has 2 N–H and O–H groups in total. The van der Waals surface area contributed by atoms with Gasteiger partial charge in [0.1, 0.15) is 0 Å². The summed E-state index contributed by atoms with van der Waals surface area (Å²) in [4.78, 5) is 8.36. The van der Waals surface area contributed by atoms with Crippen molar-refractivity contribution in [2.24, 2.45) is 0 Å². The van der Waals surface area contributed by atoms with Crippen LogP contribution in [0.15, 0.2) is 60.7 Å². The molecule has 2 rings (SSSR count). The number of hydrogen-bond acceptors (Lipinski definition) is 3. The van der Waals surface area contributed by atoms with Gasteiger partial charge in [0.15, 0.2) is 0 Å². The van der Waals surface area contributed by atoms with E-state index >= 15 is 0 Å². The molecule has 0 unspecified atom stereocenters. The second-order valence-corrected chi connectivity index (χ2v) is 3.44. The van der Waals surface area contributed by atoms with Crippen LogP contribution in [0.4, 0.5) is 5.69 Å². The number of anilines is 1. The van der Waals surface area contributed by atoms with Gasteiger partial charge in [0.05, 0.1) is 0 Å². The molecule has 0 radical (unpaired) electrons. The van der Waals surface area contributed by atoms with Gasteiger partial charge >= 0.3 is 0 Å². The first-order chi connectivity index (χ1) is 8.68. The number of nitrogens with zero attached hydrogens (tertiary/aromatic N) is 1. The second kappa shape index (κ2) is 7.67. The normalized spacial score (nSPS) is 8.89. The van der Waals surface area contributed by atoms with Crippen molar-refractivity contribution in [3.05, 3.63) is 76.3 Å². The van der Waals surface area contributed by atoms with Crippen molar-refractivity contribution in [2.45, 2.75) is 6.54 Å². The fourth-order valence-corrected chi connectivity index (χ4v) is 1.36. The van der Waals surface area contributed by atoms with Crippen molar-refractivity contribution in [2.75, 3.05) is 5.32 Å². The Morgan fingerprint density at radius 2 is 1.44 bits per heavy atom. The molecule has 0 amide bonds. The maximum Gasteiger partial charge on any atom is 0.291 e. The average molecular weight is 246 g/mol. The van der Waals surface area contributed by atoms with Crippen LogP contribution in [0.2, 0.25) is 0 Å². The lowest BCUT2D eigenvalue weighted by Crippen LogP contribution is -1.98. The number of benzene rings is 2. The van der Waals surface area contributed by atoms with E-state index in [1.54, 1.807) is 0 Å². The van der Waals surface area contributed by atoms with Gasteiger partial charge in [0, 0.05) is 12.2 Å². The maximum absolute atomic E-state index is 8.36. The number of nitrogens with one attached hydrogen (secondary N) is 1. The van der Waals surface area contributed by atoms with Gasteiger partial charge in [-0.05, 0) is 17.7 Å². The third-order valence-electron chi connectivity index (χ3n) is 2.11. The van der Waals surface area contributed by atoms with E-state index in [9.17, 15) is 0 Å². The van der Waals surface area contributed by atoms with Crippen molar-refractivity contribution in [1.82, 2.24) is 0 Å². The van der Waals surface area contributed by atoms with E-state index in [2.05, 4.69) is 41.7 Å². The van der Waals surface area contributed by atoms with Crippen molar-refractivity contribution < 1.29 is 10.3 Å². The Kier molecular flexibility index (Phi) is 5.76. The van der Waals surface area contributed by atoms with Crippen LogP contribution in [-0.2, 0) is 6.54 Å². The minimum atomic E-state index is -1.50. The lowest BCUT2D eigenvalue weighted by Gasteiger charge is -2.05. The average Bonchev–Trinajstić information content (AvgIpc) is 2.38. The van der Waals surface area contributed by atoms with Gasteiger partial charge in [0.2, 0.25) is 0 Å². The molecule has 0 heterocycles. The Balaban J connectivity index is 0.000000357. The summed E-state index contributed by atoms with van der Waals surface area (Å²) in [6.45, 7) is 0.880. The van der Waals surface area contributed by atoms with Gasteiger partial charge in [-0.15, -0.1) is 10.1 Å². The fraction of sp³-hybridized carbons (Fsp3) is 0.0769. The van der Waals surface area contributed by atoms with E-state index in [4.69, 9.17) is 15.3 Å². The molecule has 2 aromatic rings. The zero-order valence-electron chi connectivity index (χ0n) is 9.69. The number of rotatable bonds is 3. The quantitative estimate of drug-likeness (QED) is 0.645. The van der Waals surface area contributed by atoms with Crippen LogP contribution in [0.5, 0.6) is 0 Å². The fourth-order valence-electron chi connectivity index (χ4n) is 1.36. The summed E-state index contributed by atoms with van der Waals surface area (Å²) in [5, 5.41) is 17.0. The van der Waals surface area contributed by atoms with Crippen molar-refractivity contribution >= 4 is 5.69 Å². The zero-order chi connectivity index (χ0) is 13.2. The minimum Gasteiger partial charge on any atom is -0.381 e. The third kappa shape index (κ3) is 6.12. The molecular weight excluding hydrogens is 232 g/mol. The molecule has 0 aliphatic heterocycles. The van der Waals surface area contributed by atoms with Crippen LogP contribution < -0.4 is 5.32 Å². The summed E-state index contributed by atoms with van der Waals surface area (Å²) in [5.74, 6) is 0. The largest absolute Gasteiger partial charge is 0.381 e. The van der Waals surface area contributed by atoms with Crippen molar-refractivity contribution in [3.63, 3.8) is 0 Å². The first kappa shape index (κ1) is 13.5. The molecule has 0 saturated carbocycles. The molecule has 0 aliphatic rings. The highest BCUT2D eigenvalue weighted by atomic mass is 16.9. The first-order valence-corrected chi connectivity index (χ1v) is 5.34. The summed E-state index contributed by atoms with van der Waals surface area (Å²) >= 11 is 0. The maximum atomic E-state index is 8.36. The smallest absolute Gasteiger partial charge is 0.291 e. The molecule has 0 spiro atoms. The van der Waals surface area contributed by atoms with Gasteiger partial charge in [-0.25, -0.2) is 0 Å². The van der Waals surface area contributed by atoms with Gasteiger partial charge in [-0.2, -0.15) is 0 Å². The molecule has 0 fully saturated rings. The molecular formula is C13H14N2O3. The lowest BCUT2D eigenvalue weighted by molar-refractivity contribution is -0.742. The van der Waals surface area contributed by atoms with Crippen LogP contribution in [-0.4, -0.2) is 10.3 Å². The molecule has 0 aliphatic carbocycles. The predicted octanol–water partition coefficient (Wildman–Crippen LogP) is 2.95. The van der Waals surface area contributed by atoms with Gasteiger partial charge < -0.3 is 10.5 Å². The van der Waals surface area contributed by atoms with Gasteiger partial charge in [-0.1, -0.05) is 48.5 Å². The highest BCUT2D eigenvalue weighted by Crippen LogP contribution is 2.07. The standard InChI is InChI=1S/C13H13N.HNO3/c1-3-7-12(8-4-1)11-14-13-9-5-2-6-10-13;2-1(3)4/h1-10,14H,11H2;(H,2,3,4). The molecule has 0 saturated heterocycles. The SMILES string of the molecule is O=[N+]([O-])O.c1ccc(CNc2ccccc2)cc1. The van der Waals surface area contributed by atoms with E-state index < -0.39 is 5.09 Å². The summed E-state index contributed by atoms with van der Waals surface area (Å²) in [6, 6.07) is 20.6. The second-order valence-electron chi connectivity index (χ2n) is 3.44. The highest BCUT2D eigenvalue weighted by Gasteiger charge is 1.90. The number of hydrogen-bond donors (Lipinski definition) is 2. The van der Waals surface area contributed by atoms with Crippen LogP contribution in [0.1, 0.15) is 5.56 Å². The molecule has 18 heavy (non-hydrogen) atoms. The van der Waals surface area contributed by atoms with Crippen molar-refractivity contribution in [3.8, 4) is 0 Å². The molecule has 0 bridgehead atoms. The highest BCUT2D eigenvalue weighted by molar-refractivity contribution is 5.43. The van der Waals surface area contributed by atoms with Crippen LogP contribution >= 0.6 is 0 Å². The summed E-state index contributed by atoms with van der Waals surface area (Å²) in [7, 11) is 0. The summed E-state index contributed by atoms with van der Waals surface area (Å²) < 4.78 is 0. The van der Waals surface area contributed by atoms with E-state index in [-0.39, 0.29) is 0 Å². The van der Waals surface area contributed by atoms with E-state index in [1.165, 1.54) is 5.56 Å². The minimum absolute atomic E-state index is 0.880. The Hall–Kier alpha value is -2.56. The Bertz CT molecular complexity index is 417. The topological polar surface area (TPSA) is 75.4 Å². The number of para-hydroxylation sites is 1. The monoisotopic (exact) mass is 246 g/mol. The Morgan fingerprint density at radius 1 is 1.00 bits per heavy atom. The van der Waals surface area contributed by atoms with Crippen LogP contribution in [0.25, 0.3) is 0 Å². The van der Waals surface area contributed by atoms with E-state index in [0.29, 0.717) is 0 Å². The molecule has 5 nitrogen and oxygen atoms in total. The Morgan fingerprint density at radius 3 is 1.94 bits per heavy atom. The molecule has 0 aromatic heterocycles.